The maximum Gasteiger partial charge on any atom is 0.228 e. The number of nitriles is 1. The Bertz CT molecular complexity index is 960. The van der Waals surface area contributed by atoms with Gasteiger partial charge in [-0.3, -0.25) is 0 Å². The summed E-state index contributed by atoms with van der Waals surface area (Å²) in [7, 11) is 3.14. The molecule has 0 unspecified atom stereocenters. The number of methoxy groups -OCH3 is 2. The van der Waals surface area contributed by atoms with Crippen LogP contribution in [0.2, 0.25) is 0 Å². The molecule has 0 spiro atoms. The van der Waals surface area contributed by atoms with Crippen LogP contribution in [0, 0.1) is 11.3 Å². The SMILES string of the molecule is COc1ccc(Cn2c(N)c(C#N)c3c(OC)nc(SC)nc32)cc1. The third-order valence-electron chi connectivity index (χ3n) is 3.88. The number of aromatic nitrogens is 3. The molecule has 0 aliphatic rings. The van der Waals surface area contributed by atoms with E-state index in [2.05, 4.69) is 16.0 Å². The van der Waals surface area contributed by atoms with Gasteiger partial charge in [0.1, 0.15) is 28.6 Å². The van der Waals surface area contributed by atoms with Crippen molar-refractivity contribution in [3.8, 4) is 17.7 Å². The summed E-state index contributed by atoms with van der Waals surface area (Å²) in [6.07, 6.45) is 1.88. The lowest BCUT2D eigenvalue weighted by Crippen LogP contribution is -2.06. The van der Waals surface area contributed by atoms with Crippen LogP contribution in [0.1, 0.15) is 11.1 Å². The number of benzene rings is 1. The standard InChI is InChI=1S/C17H17N5O2S/c1-23-11-6-4-10(5-7-11)9-22-14(19)12(8-18)13-15(22)20-17(25-3)21-16(13)24-2/h4-7H,9,19H2,1-3H3. The molecule has 0 radical (unpaired) electrons. The fraction of sp³-hybridized carbons (Fsp3) is 0.235. The van der Waals surface area contributed by atoms with Crippen LogP contribution in [0.15, 0.2) is 29.4 Å². The third-order valence-corrected chi connectivity index (χ3v) is 4.42. The Morgan fingerprint density at radius 3 is 2.48 bits per heavy atom. The highest BCUT2D eigenvalue weighted by molar-refractivity contribution is 7.98. The maximum absolute atomic E-state index is 9.53. The van der Waals surface area contributed by atoms with Crippen molar-refractivity contribution in [3.63, 3.8) is 0 Å². The molecule has 2 aromatic heterocycles. The van der Waals surface area contributed by atoms with Crippen LogP contribution < -0.4 is 15.2 Å². The molecule has 0 amide bonds. The number of anilines is 1. The van der Waals surface area contributed by atoms with Crippen molar-refractivity contribution in [1.29, 1.82) is 5.26 Å². The lowest BCUT2D eigenvalue weighted by molar-refractivity contribution is 0.398. The van der Waals surface area contributed by atoms with Crippen LogP contribution in [0.5, 0.6) is 11.6 Å². The molecule has 0 aliphatic heterocycles. The van der Waals surface area contributed by atoms with Crippen molar-refractivity contribution >= 4 is 28.6 Å². The molecule has 2 N–H and O–H groups in total. The Morgan fingerprint density at radius 1 is 1.20 bits per heavy atom. The number of nitrogens with two attached hydrogens (primary N) is 1. The summed E-state index contributed by atoms with van der Waals surface area (Å²) in [5, 5.41) is 10.6. The number of thioether (sulfide) groups is 1. The van der Waals surface area contributed by atoms with Crippen LogP contribution in [-0.4, -0.2) is 35.0 Å². The zero-order chi connectivity index (χ0) is 18.0. The Hall–Kier alpha value is -2.92. The van der Waals surface area contributed by atoms with Crippen LogP contribution >= 0.6 is 11.8 Å². The summed E-state index contributed by atoms with van der Waals surface area (Å²) in [5.74, 6) is 1.48. The predicted molar refractivity (Wildman–Crippen MR) is 97.1 cm³/mol. The van der Waals surface area contributed by atoms with Gasteiger partial charge in [0.15, 0.2) is 10.8 Å². The highest BCUT2D eigenvalue weighted by Crippen LogP contribution is 2.34. The zero-order valence-electron chi connectivity index (χ0n) is 14.1. The second kappa shape index (κ2) is 6.91. The molecule has 128 valence electrons. The number of hydrogen-bond acceptors (Lipinski definition) is 7. The first-order valence-electron chi connectivity index (χ1n) is 7.43. The summed E-state index contributed by atoms with van der Waals surface area (Å²) in [6, 6.07) is 9.80. The summed E-state index contributed by atoms with van der Waals surface area (Å²) in [6.45, 7) is 0.474. The Kier molecular flexibility index (Phi) is 4.67. The monoisotopic (exact) mass is 355 g/mol. The molecule has 3 rings (SSSR count). The maximum atomic E-state index is 9.53. The Morgan fingerprint density at radius 2 is 1.92 bits per heavy atom. The van der Waals surface area contributed by atoms with Gasteiger partial charge in [-0.15, -0.1) is 0 Å². The van der Waals surface area contributed by atoms with E-state index in [-0.39, 0.29) is 0 Å². The molecular weight excluding hydrogens is 338 g/mol. The van der Waals surface area contributed by atoms with E-state index in [9.17, 15) is 5.26 Å². The van der Waals surface area contributed by atoms with Gasteiger partial charge in [0.05, 0.1) is 20.8 Å². The topological polar surface area (TPSA) is 99.0 Å². The van der Waals surface area contributed by atoms with Crippen LogP contribution in [0.25, 0.3) is 11.0 Å². The Labute approximate surface area is 149 Å². The molecule has 7 nitrogen and oxygen atoms in total. The van der Waals surface area contributed by atoms with Gasteiger partial charge < -0.3 is 19.8 Å². The van der Waals surface area contributed by atoms with Gasteiger partial charge in [-0.05, 0) is 24.0 Å². The summed E-state index contributed by atoms with van der Waals surface area (Å²) >= 11 is 1.40. The Balaban J connectivity index is 2.19. The number of hydrogen-bond donors (Lipinski definition) is 1. The minimum absolute atomic E-state index is 0.327. The fourth-order valence-corrected chi connectivity index (χ4v) is 2.98. The number of rotatable bonds is 5. The first-order valence-corrected chi connectivity index (χ1v) is 8.66. The number of nitrogens with zero attached hydrogens (tertiary/aromatic N) is 4. The summed E-state index contributed by atoms with van der Waals surface area (Å²) in [5.41, 5.74) is 8.15. The van der Waals surface area contributed by atoms with E-state index in [1.807, 2.05) is 30.5 Å². The molecule has 8 heteroatoms. The molecule has 0 fully saturated rings. The lowest BCUT2D eigenvalue weighted by Gasteiger charge is -2.09. The molecule has 0 atom stereocenters. The average molecular weight is 355 g/mol. The first-order chi connectivity index (χ1) is 12.1. The van der Waals surface area contributed by atoms with Crippen molar-refractivity contribution in [2.75, 3.05) is 26.2 Å². The van der Waals surface area contributed by atoms with Crippen molar-refractivity contribution < 1.29 is 9.47 Å². The van der Waals surface area contributed by atoms with Crippen molar-refractivity contribution in [2.45, 2.75) is 11.7 Å². The molecule has 0 saturated carbocycles. The van der Waals surface area contributed by atoms with Gasteiger partial charge >= 0.3 is 0 Å². The highest BCUT2D eigenvalue weighted by atomic mass is 32.2. The molecule has 0 saturated heterocycles. The highest BCUT2D eigenvalue weighted by Gasteiger charge is 2.22. The van der Waals surface area contributed by atoms with E-state index in [0.717, 1.165) is 11.3 Å². The van der Waals surface area contributed by atoms with Crippen LogP contribution in [-0.2, 0) is 6.54 Å². The second-order valence-corrected chi connectivity index (χ2v) is 6.00. The molecule has 0 bridgehead atoms. The fourth-order valence-electron chi connectivity index (χ4n) is 2.63. The molecule has 25 heavy (non-hydrogen) atoms. The predicted octanol–water partition coefficient (Wildman–Crippen LogP) is 2.67. The minimum atomic E-state index is 0.327. The van der Waals surface area contributed by atoms with E-state index in [0.29, 0.717) is 40.0 Å². The van der Waals surface area contributed by atoms with Gasteiger partial charge in [0.2, 0.25) is 5.88 Å². The van der Waals surface area contributed by atoms with Crippen molar-refractivity contribution in [1.82, 2.24) is 14.5 Å². The zero-order valence-corrected chi connectivity index (χ0v) is 14.9. The van der Waals surface area contributed by atoms with E-state index >= 15 is 0 Å². The van der Waals surface area contributed by atoms with Gasteiger partial charge in [-0.25, -0.2) is 4.98 Å². The van der Waals surface area contributed by atoms with E-state index in [1.165, 1.54) is 18.9 Å². The second-order valence-electron chi connectivity index (χ2n) is 5.22. The van der Waals surface area contributed by atoms with E-state index in [4.69, 9.17) is 15.2 Å². The quantitative estimate of drug-likeness (QED) is 0.555. The molecule has 3 aromatic rings. The number of nitrogen functional groups attached to an aromatic ring is 1. The van der Waals surface area contributed by atoms with Gasteiger partial charge in [-0.1, -0.05) is 23.9 Å². The first kappa shape index (κ1) is 16.9. The average Bonchev–Trinajstić information content (AvgIpc) is 2.92. The molecular formula is C17H17N5O2S. The third kappa shape index (κ3) is 2.94. The molecule has 2 heterocycles. The van der Waals surface area contributed by atoms with Gasteiger partial charge in [-0.2, -0.15) is 10.2 Å². The molecule has 0 aliphatic carbocycles. The normalized spacial score (nSPS) is 10.6. The minimum Gasteiger partial charge on any atom is -0.497 e. The van der Waals surface area contributed by atoms with Crippen LogP contribution in [0.3, 0.4) is 0 Å². The number of ether oxygens (including phenoxy) is 2. The van der Waals surface area contributed by atoms with Crippen LogP contribution in [0.4, 0.5) is 5.82 Å². The van der Waals surface area contributed by atoms with Gasteiger partial charge in [0, 0.05) is 0 Å². The van der Waals surface area contributed by atoms with Crippen molar-refractivity contribution in [2.24, 2.45) is 0 Å². The van der Waals surface area contributed by atoms with Gasteiger partial charge in [0.25, 0.3) is 0 Å². The summed E-state index contributed by atoms with van der Waals surface area (Å²) < 4.78 is 12.3. The van der Waals surface area contributed by atoms with E-state index < -0.39 is 0 Å². The largest absolute Gasteiger partial charge is 0.497 e. The summed E-state index contributed by atoms with van der Waals surface area (Å²) in [4.78, 5) is 8.86. The van der Waals surface area contributed by atoms with E-state index in [1.54, 1.807) is 11.7 Å². The molecule has 1 aromatic carbocycles. The lowest BCUT2D eigenvalue weighted by atomic mass is 10.2. The smallest absolute Gasteiger partial charge is 0.228 e. The van der Waals surface area contributed by atoms with Crippen molar-refractivity contribution in [3.05, 3.63) is 35.4 Å². The number of fused-ring (bicyclic) bond motifs is 1.